The van der Waals surface area contributed by atoms with Crippen LogP contribution in [0.25, 0.3) is 0 Å². The van der Waals surface area contributed by atoms with E-state index in [1.807, 2.05) is 47.0 Å². The highest BCUT2D eigenvalue weighted by Gasteiger charge is 2.19. The number of nitrogens with two attached hydrogens (primary N) is 1. The lowest BCUT2D eigenvalue weighted by Crippen LogP contribution is -2.38. The molecule has 1 aliphatic rings. The van der Waals surface area contributed by atoms with Crippen LogP contribution in [-0.2, 0) is 11.2 Å². The van der Waals surface area contributed by atoms with E-state index >= 15 is 0 Å². The number of thioether (sulfide) groups is 1. The van der Waals surface area contributed by atoms with Gasteiger partial charge in [-0.15, -0.1) is 12.4 Å². The maximum atomic E-state index is 12.6. The van der Waals surface area contributed by atoms with Crippen LogP contribution in [0.1, 0.15) is 15.9 Å². The fraction of sp³-hybridized carbons (Fsp3) is 0.300. The Morgan fingerprint density at radius 3 is 2.48 bits per heavy atom. The average Bonchev–Trinajstić information content (AvgIpc) is 2.69. The predicted molar refractivity (Wildman–Crippen MR) is 114 cm³/mol. The Kier molecular flexibility index (Phi) is 8.16. The molecule has 3 rings (SSSR count). The number of carbonyl (C=O) groups is 2. The molecule has 1 atom stereocenters. The van der Waals surface area contributed by atoms with Crippen molar-refractivity contribution in [1.82, 2.24) is 4.90 Å². The highest BCUT2D eigenvalue weighted by molar-refractivity contribution is 7.99. The minimum absolute atomic E-state index is 0. The van der Waals surface area contributed by atoms with Crippen molar-refractivity contribution < 1.29 is 9.59 Å². The first kappa shape index (κ1) is 21.3. The van der Waals surface area contributed by atoms with E-state index in [0.29, 0.717) is 17.7 Å². The first-order valence-corrected chi connectivity index (χ1v) is 9.86. The summed E-state index contributed by atoms with van der Waals surface area (Å²) < 4.78 is 0. The Morgan fingerprint density at radius 1 is 1.07 bits per heavy atom. The lowest BCUT2D eigenvalue weighted by Gasteiger charge is -2.26. The van der Waals surface area contributed by atoms with Crippen molar-refractivity contribution in [2.45, 2.75) is 12.5 Å². The van der Waals surface area contributed by atoms with Crippen LogP contribution in [0.15, 0.2) is 54.6 Å². The molecule has 0 aromatic heterocycles. The normalized spacial score (nSPS) is 14.8. The van der Waals surface area contributed by atoms with Crippen molar-refractivity contribution in [3.63, 3.8) is 0 Å². The molecule has 7 heteroatoms. The number of hydrogen-bond acceptors (Lipinski definition) is 4. The number of halogens is 1. The summed E-state index contributed by atoms with van der Waals surface area (Å²) >= 11 is 1.86. The number of anilines is 1. The van der Waals surface area contributed by atoms with Crippen molar-refractivity contribution in [1.29, 1.82) is 0 Å². The van der Waals surface area contributed by atoms with Gasteiger partial charge in [0.15, 0.2) is 0 Å². The van der Waals surface area contributed by atoms with E-state index in [1.54, 1.807) is 24.3 Å². The second kappa shape index (κ2) is 10.3. The number of nitrogens with zero attached hydrogens (tertiary/aromatic N) is 1. The molecule has 5 nitrogen and oxygen atoms in total. The fourth-order valence-electron chi connectivity index (χ4n) is 2.87. The van der Waals surface area contributed by atoms with Crippen molar-refractivity contribution >= 4 is 41.7 Å². The Balaban J connectivity index is 0.00000261. The molecule has 0 unspecified atom stereocenters. The number of benzene rings is 2. The first-order valence-electron chi connectivity index (χ1n) is 8.71. The number of rotatable bonds is 5. The first-order chi connectivity index (χ1) is 12.6. The lowest BCUT2D eigenvalue weighted by molar-refractivity contribution is -0.117. The van der Waals surface area contributed by atoms with Gasteiger partial charge in [0.25, 0.3) is 5.91 Å². The predicted octanol–water partition coefficient (Wildman–Crippen LogP) is 2.81. The SMILES string of the molecule is Cl.N[C@@H](Cc1ccccc1)C(=O)Nc1cccc(C(=O)N2CCSCC2)c1. The summed E-state index contributed by atoms with van der Waals surface area (Å²) in [6.45, 7) is 1.53. The Labute approximate surface area is 170 Å². The van der Waals surface area contributed by atoms with Crippen molar-refractivity contribution in [2.75, 3.05) is 29.9 Å². The molecule has 0 radical (unpaired) electrons. The summed E-state index contributed by atoms with van der Waals surface area (Å²) in [7, 11) is 0. The van der Waals surface area contributed by atoms with Gasteiger partial charge in [0, 0.05) is 35.8 Å². The zero-order valence-corrected chi connectivity index (χ0v) is 16.6. The molecule has 1 fully saturated rings. The van der Waals surface area contributed by atoms with Crippen LogP contribution >= 0.6 is 24.2 Å². The van der Waals surface area contributed by atoms with Gasteiger partial charge in [0.1, 0.15) is 0 Å². The van der Waals surface area contributed by atoms with Crippen molar-refractivity contribution in [3.05, 3.63) is 65.7 Å². The molecule has 2 aromatic carbocycles. The van der Waals surface area contributed by atoms with E-state index < -0.39 is 6.04 Å². The third-order valence-corrected chi connectivity index (χ3v) is 5.25. The molecule has 2 aromatic rings. The number of hydrogen-bond donors (Lipinski definition) is 2. The Hall–Kier alpha value is -2.02. The minimum atomic E-state index is -0.643. The smallest absolute Gasteiger partial charge is 0.253 e. The standard InChI is InChI=1S/C20H23N3O2S.ClH/c21-18(13-15-5-2-1-3-6-15)19(24)22-17-8-4-7-16(14-17)20(25)23-9-11-26-12-10-23;/h1-8,14,18H,9-13,21H2,(H,22,24);1H/t18-;/m0./s1. The third-order valence-electron chi connectivity index (χ3n) is 4.31. The fourth-order valence-corrected chi connectivity index (χ4v) is 3.78. The second-order valence-electron chi connectivity index (χ2n) is 6.27. The van der Waals surface area contributed by atoms with Crippen LogP contribution in [0.4, 0.5) is 5.69 Å². The van der Waals surface area contributed by atoms with Gasteiger partial charge in [-0.25, -0.2) is 0 Å². The largest absolute Gasteiger partial charge is 0.337 e. The van der Waals surface area contributed by atoms with Crippen LogP contribution < -0.4 is 11.1 Å². The summed E-state index contributed by atoms with van der Waals surface area (Å²) in [6, 6.07) is 16.1. The van der Waals surface area contributed by atoms with E-state index in [2.05, 4.69) is 5.32 Å². The van der Waals surface area contributed by atoms with Crippen LogP contribution in [-0.4, -0.2) is 47.4 Å². The zero-order chi connectivity index (χ0) is 18.4. The average molecular weight is 406 g/mol. The van der Waals surface area contributed by atoms with Gasteiger partial charge < -0.3 is 16.0 Å². The molecule has 0 spiro atoms. The van der Waals surface area contributed by atoms with E-state index in [4.69, 9.17) is 5.73 Å². The molecule has 27 heavy (non-hydrogen) atoms. The molecular weight excluding hydrogens is 382 g/mol. The lowest BCUT2D eigenvalue weighted by atomic mass is 10.1. The number of nitrogens with one attached hydrogen (secondary N) is 1. The Bertz CT molecular complexity index is 767. The van der Waals surface area contributed by atoms with E-state index in [9.17, 15) is 9.59 Å². The van der Waals surface area contributed by atoms with Gasteiger partial charge in [0.2, 0.25) is 5.91 Å². The molecular formula is C20H24ClN3O2S. The van der Waals surface area contributed by atoms with Gasteiger partial charge in [-0.3, -0.25) is 9.59 Å². The minimum Gasteiger partial charge on any atom is -0.337 e. The van der Waals surface area contributed by atoms with E-state index in [1.165, 1.54) is 0 Å². The summed E-state index contributed by atoms with van der Waals surface area (Å²) in [5, 5.41) is 2.82. The van der Waals surface area contributed by atoms with E-state index in [0.717, 1.165) is 30.2 Å². The molecule has 2 amide bonds. The van der Waals surface area contributed by atoms with Crippen LogP contribution in [0.5, 0.6) is 0 Å². The van der Waals surface area contributed by atoms with E-state index in [-0.39, 0.29) is 24.2 Å². The summed E-state index contributed by atoms with van der Waals surface area (Å²) in [6.07, 6.45) is 0.469. The van der Waals surface area contributed by atoms with Crippen LogP contribution in [0.2, 0.25) is 0 Å². The quantitative estimate of drug-likeness (QED) is 0.802. The van der Waals surface area contributed by atoms with Gasteiger partial charge >= 0.3 is 0 Å². The molecule has 144 valence electrons. The highest BCUT2D eigenvalue weighted by Crippen LogP contribution is 2.16. The van der Waals surface area contributed by atoms with Gasteiger partial charge in [-0.1, -0.05) is 36.4 Å². The van der Waals surface area contributed by atoms with Crippen molar-refractivity contribution in [2.24, 2.45) is 5.73 Å². The topological polar surface area (TPSA) is 75.4 Å². The molecule has 1 heterocycles. The molecule has 0 saturated carbocycles. The van der Waals surface area contributed by atoms with Crippen LogP contribution in [0, 0.1) is 0 Å². The van der Waals surface area contributed by atoms with Crippen molar-refractivity contribution in [3.8, 4) is 0 Å². The molecule has 1 saturated heterocycles. The maximum Gasteiger partial charge on any atom is 0.253 e. The maximum absolute atomic E-state index is 12.6. The van der Waals surface area contributed by atoms with Gasteiger partial charge in [-0.2, -0.15) is 11.8 Å². The Morgan fingerprint density at radius 2 is 1.78 bits per heavy atom. The summed E-state index contributed by atoms with van der Waals surface area (Å²) in [5.74, 6) is 1.69. The van der Waals surface area contributed by atoms with Crippen LogP contribution in [0.3, 0.4) is 0 Å². The molecule has 3 N–H and O–H groups in total. The molecule has 0 bridgehead atoms. The zero-order valence-electron chi connectivity index (χ0n) is 15.0. The number of carbonyl (C=O) groups excluding carboxylic acids is 2. The monoisotopic (exact) mass is 405 g/mol. The second-order valence-corrected chi connectivity index (χ2v) is 7.50. The highest BCUT2D eigenvalue weighted by atomic mass is 35.5. The summed E-state index contributed by atoms with van der Waals surface area (Å²) in [5.41, 5.74) is 8.22. The van der Waals surface area contributed by atoms with Gasteiger partial charge in [0.05, 0.1) is 6.04 Å². The summed E-state index contributed by atoms with van der Waals surface area (Å²) in [4.78, 5) is 26.8. The number of amides is 2. The third kappa shape index (κ3) is 5.99. The molecule has 1 aliphatic heterocycles. The molecule has 0 aliphatic carbocycles. The van der Waals surface area contributed by atoms with Gasteiger partial charge in [-0.05, 0) is 30.2 Å².